The molecule has 3 heterocycles. The van der Waals surface area contributed by atoms with Gasteiger partial charge < -0.3 is 19.7 Å². The van der Waals surface area contributed by atoms with Crippen molar-refractivity contribution in [1.82, 2.24) is 15.5 Å². The molecule has 1 aromatic carbocycles. The second kappa shape index (κ2) is 9.81. The van der Waals surface area contributed by atoms with Crippen LogP contribution in [0, 0.1) is 0 Å². The lowest BCUT2D eigenvalue weighted by Gasteiger charge is -2.36. The minimum atomic E-state index is -0.756. The van der Waals surface area contributed by atoms with Gasteiger partial charge in [-0.1, -0.05) is 23.2 Å². The number of amides is 3. The van der Waals surface area contributed by atoms with Crippen LogP contribution >= 0.6 is 35.6 Å². The van der Waals surface area contributed by atoms with E-state index in [0.29, 0.717) is 56.0 Å². The van der Waals surface area contributed by atoms with Crippen molar-refractivity contribution in [2.24, 2.45) is 0 Å². The first-order valence-corrected chi connectivity index (χ1v) is 10.8. The number of carbonyl (C=O) groups is 3. The van der Waals surface area contributed by atoms with E-state index < -0.39 is 11.6 Å². The highest BCUT2D eigenvalue weighted by Gasteiger charge is 2.47. The normalized spacial score (nSPS) is 19.5. The molecule has 1 spiro atoms. The summed E-state index contributed by atoms with van der Waals surface area (Å²) in [5.74, 6) is 0.473. The Labute approximate surface area is 196 Å². The Kier molecular flexibility index (Phi) is 7.57. The average molecular weight is 493 g/mol. The lowest BCUT2D eigenvalue weighted by atomic mass is 9.87. The van der Waals surface area contributed by atoms with Crippen LogP contribution in [-0.2, 0) is 4.79 Å². The predicted octanol–water partition coefficient (Wildman–Crippen LogP) is 3.21. The lowest BCUT2D eigenvalue weighted by molar-refractivity contribution is -0.125. The van der Waals surface area contributed by atoms with Gasteiger partial charge in [0.05, 0.1) is 15.6 Å². The van der Waals surface area contributed by atoms with Crippen LogP contribution < -0.4 is 20.1 Å². The first-order valence-electron chi connectivity index (χ1n) is 10.1. The molecule has 3 aliphatic rings. The summed E-state index contributed by atoms with van der Waals surface area (Å²) in [6, 6.07) is 1.16. The van der Waals surface area contributed by atoms with Gasteiger partial charge >= 0.3 is 6.03 Å². The molecule has 0 radical (unpaired) electrons. The molecule has 0 saturated carbocycles. The maximum atomic E-state index is 12.8. The summed E-state index contributed by atoms with van der Waals surface area (Å²) in [5.41, 5.74) is -0.463. The van der Waals surface area contributed by atoms with E-state index in [2.05, 4.69) is 15.5 Å². The number of likely N-dealkylation sites (tertiary alicyclic amines) is 1. The number of imide groups is 1. The van der Waals surface area contributed by atoms with E-state index in [1.807, 2.05) is 0 Å². The van der Waals surface area contributed by atoms with Crippen molar-refractivity contribution in [2.45, 2.75) is 37.6 Å². The molecule has 11 heteroatoms. The van der Waals surface area contributed by atoms with Crippen molar-refractivity contribution < 1.29 is 23.9 Å². The molecule has 4 rings (SSSR count). The monoisotopic (exact) mass is 491 g/mol. The van der Waals surface area contributed by atoms with Crippen LogP contribution in [0.25, 0.3) is 0 Å². The number of urea groups is 1. The van der Waals surface area contributed by atoms with E-state index in [0.717, 1.165) is 26.1 Å². The number of halogens is 3. The zero-order valence-electron chi connectivity index (χ0n) is 16.8. The smallest absolute Gasteiger partial charge is 0.322 e. The van der Waals surface area contributed by atoms with Gasteiger partial charge in [-0.2, -0.15) is 0 Å². The predicted molar refractivity (Wildman–Crippen MR) is 118 cm³/mol. The number of rotatable bonds is 6. The highest BCUT2D eigenvalue weighted by molar-refractivity contribution is 6.44. The van der Waals surface area contributed by atoms with Gasteiger partial charge in [-0.05, 0) is 32.2 Å². The van der Waals surface area contributed by atoms with Crippen molar-refractivity contribution in [3.63, 3.8) is 0 Å². The Bertz CT molecular complexity index is 887. The molecule has 0 atom stereocenters. The molecule has 2 saturated heterocycles. The summed E-state index contributed by atoms with van der Waals surface area (Å²) in [5, 5.41) is 5.55. The minimum absolute atomic E-state index is 0. The fourth-order valence-electron chi connectivity index (χ4n) is 4.17. The van der Waals surface area contributed by atoms with E-state index in [1.54, 1.807) is 6.07 Å². The van der Waals surface area contributed by atoms with Crippen molar-refractivity contribution in [3.05, 3.63) is 21.7 Å². The molecule has 2 fully saturated rings. The van der Waals surface area contributed by atoms with E-state index in [4.69, 9.17) is 32.7 Å². The number of Topliss-reactive ketones (excluding diaryl/α,β-unsaturated/α-hetero) is 1. The maximum Gasteiger partial charge on any atom is 0.322 e. The summed E-state index contributed by atoms with van der Waals surface area (Å²) in [7, 11) is 0. The van der Waals surface area contributed by atoms with Crippen molar-refractivity contribution >= 4 is 53.3 Å². The average Bonchev–Trinajstić information content (AvgIpc) is 3.00. The Morgan fingerprint density at radius 3 is 2.52 bits per heavy atom. The highest BCUT2D eigenvalue weighted by Crippen LogP contribution is 2.43. The third-order valence-electron chi connectivity index (χ3n) is 5.86. The third kappa shape index (κ3) is 4.87. The molecule has 3 aliphatic heterocycles. The molecule has 0 aromatic heterocycles. The number of fused-ring (bicyclic) bond motifs is 1. The number of ether oxygens (including phenoxy) is 2. The largest absolute Gasteiger partial charge is 0.486 e. The third-order valence-corrected chi connectivity index (χ3v) is 6.64. The maximum absolute atomic E-state index is 12.8. The van der Waals surface area contributed by atoms with Gasteiger partial charge in [0.25, 0.3) is 5.91 Å². The van der Waals surface area contributed by atoms with Crippen LogP contribution in [0.1, 0.15) is 42.5 Å². The first kappa shape index (κ1) is 23.9. The number of piperidine rings is 1. The molecular formula is C20H24Cl3N3O5. The van der Waals surface area contributed by atoms with Gasteiger partial charge in [0.2, 0.25) is 0 Å². The van der Waals surface area contributed by atoms with Gasteiger partial charge in [-0.15, -0.1) is 12.4 Å². The summed E-state index contributed by atoms with van der Waals surface area (Å²) in [6.45, 7) is 3.03. The molecule has 0 bridgehead atoms. The summed E-state index contributed by atoms with van der Waals surface area (Å²) >= 11 is 12.4. The lowest BCUT2D eigenvalue weighted by Crippen LogP contribution is -2.54. The SMILES string of the molecule is Cl.O=C1NC(=O)C2(CCN(CCCCC(=O)c3c(Cl)c(Cl)cc4c3OCCO4)CC2)N1. The second-order valence-corrected chi connectivity index (χ2v) is 8.57. The quantitative estimate of drug-likeness (QED) is 0.360. The van der Waals surface area contributed by atoms with Gasteiger partial charge in [0.15, 0.2) is 17.3 Å². The molecule has 1 aromatic rings. The van der Waals surface area contributed by atoms with Crippen LogP contribution in [0.5, 0.6) is 11.5 Å². The van der Waals surface area contributed by atoms with Crippen LogP contribution in [-0.4, -0.2) is 61.0 Å². The zero-order valence-corrected chi connectivity index (χ0v) is 19.1. The van der Waals surface area contributed by atoms with Gasteiger partial charge in [0.1, 0.15) is 18.8 Å². The standard InChI is InChI=1S/C20H23Cl2N3O5.ClH/c21-12-11-14-17(30-10-9-29-14)15(16(12)22)13(26)3-1-2-6-25-7-4-20(5-8-25)18(27)23-19(28)24-20;/h11H,1-10H2,(H2,23,24,27,28);1H. The number of carbonyl (C=O) groups excluding carboxylic acids is 3. The van der Waals surface area contributed by atoms with E-state index in [-0.39, 0.29) is 34.1 Å². The second-order valence-electron chi connectivity index (χ2n) is 7.78. The number of hydrogen-bond acceptors (Lipinski definition) is 6. The Morgan fingerprint density at radius 2 is 1.84 bits per heavy atom. The van der Waals surface area contributed by atoms with E-state index in [1.165, 1.54) is 0 Å². The molecule has 0 aliphatic carbocycles. The van der Waals surface area contributed by atoms with Crippen LogP contribution in [0.4, 0.5) is 4.79 Å². The molecule has 170 valence electrons. The van der Waals surface area contributed by atoms with Gasteiger partial charge in [-0.25, -0.2) is 4.79 Å². The van der Waals surface area contributed by atoms with Crippen molar-refractivity contribution in [3.8, 4) is 11.5 Å². The molecule has 8 nitrogen and oxygen atoms in total. The summed E-state index contributed by atoms with van der Waals surface area (Å²) in [4.78, 5) is 38.5. The Morgan fingerprint density at radius 1 is 1.13 bits per heavy atom. The summed E-state index contributed by atoms with van der Waals surface area (Å²) < 4.78 is 11.1. The molecule has 2 N–H and O–H groups in total. The van der Waals surface area contributed by atoms with Crippen LogP contribution in [0.15, 0.2) is 6.07 Å². The molecule has 0 unspecified atom stereocenters. The van der Waals surface area contributed by atoms with Crippen molar-refractivity contribution in [2.75, 3.05) is 32.8 Å². The Balaban J connectivity index is 0.00000272. The summed E-state index contributed by atoms with van der Waals surface area (Å²) in [6.07, 6.45) is 3.02. The molecular weight excluding hydrogens is 469 g/mol. The van der Waals surface area contributed by atoms with Crippen molar-refractivity contribution in [1.29, 1.82) is 0 Å². The number of nitrogens with zero attached hydrogens (tertiary/aromatic N) is 1. The van der Waals surface area contributed by atoms with Crippen LogP contribution in [0.2, 0.25) is 10.0 Å². The number of benzene rings is 1. The first-order chi connectivity index (χ1) is 14.4. The van der Waals surface area contributed by atoms with E-state index >= 15 is 0 Å². The molecule has 3 amide bonds. The van der Waals surface area contributed by atoms with Crippen LogP contribution in [0.3, 0.4) is 0 Å². The Hall–Kier alpha value is -1.74. The fraction of sp³-hybridized carbons (Fsp3) is 0.550. The minimum Gasteiger partial charge on any atom is -0.486 e. The van der Waals surface area contributed by atoms with Gasteiger partial charge in [0, 0.05) is 25.6 Å². The topological polar surface area (TPSA) is 97.0 Å². The van der Waals surface area contributed by atoms with Gasteiger partial charge in [-0.3, -0.25) is 14.9 Å². The number of unbranched alkanes of at least 4 members (excludes halogenated alkanes) is 1. The zero-order chi connectivity index (χ0) is 21.3. The van der Waals surface area contributed by atoms with E-state index in [9.17, 15) is 14.4 Å². The number of nitrogens with one attached hydrogen (secondary N) is 2. The highest BCUT2D eigenvalue weighted by atomic mass is 35.5. The fourth-order valence-corrected chi connectivity index (χ4v) is 4.61. The number of hydrogen-bond donors (Lipinski definition) is 2. The number of ketones is 1. The molecule has 31 heavy (non-hydrogen) atoms.